The van der Waals surface area contributed by atoms with E-state index in [-0.39, 0.29) is 0 Å². The molecule has 1 unspecified atom stereocenters. The number of allylic oxidation sites excluding steroid dienone is 2. The minimum atomic E-state index is 0.795. The maximum atomic E-state index is 10.4. The first-order valence-electron chi connectivity index (χ1n) is 2.59. The Labute approximate surface area is 52.4 Å². The molecule has 0 aliphatic carbocycles. The molecule has 48 valence electrons. The van der Waals surface area contributed by atoms with Gasteiger partial charge in [0, 0.05) is 5.70 Å². The first-order chi connectivity index (χ1) is 3.72. The smallest absolute Gasteiger partial charge is 0.000847 e. The van der Waals surface area contributed by atoms with Gasteiger partial charge in [0.2, 0.25) is 0 Å². The Morgan fingerprint density at radius 3 is 2.38 bits per heavy atom. The topological polar surface area (TPSA) is 26.3 Å². The molecule has 0 rings (SSSR count). The van der Waals surface area contributed by atoms with E-state index in [4.69, 9.17) is 0 Å². The normalized spacial score (nSPS) is 11.8. The molecule has 0 aromatic rings. The summed E-state index contributed by atoms with van der Waals surface area (Å²) in [5, 5.41) is 10.4. The van der Waals surface area contributed by atoms with Crippen molar-refractivity contribution in [2.24, 2.45) is 0 Å². The summed E-state index contributed by atoms with van der Waals surface area (Å²) in [6.45, 7) is 3.80. The van der Waals surface area contributed by atoms with Crippen molar-refractivity contribution in [3.05, 3.63) is 17.0 Å². The van der Waals surface area contributed by atoms with Gasteiger partial charge in [0.1, 0.15) is 0 Å². The molecule has 0 saturated heterocycles. The van der Waals surface area contributed by atoms with E-state index in [2.05, 4.69) is 9.39 Å². The SMILES string of the molecule is C/C=C(/CC)N([O-])P. The quantitative estimate of drug-likeness (QED) is 0.423. The number of hydrogen-bond donors (Lipinski definition) is 0. The number of hydrogen-bond acceptors (Lipinski definition) is 2. The third-order valence-corrected chi connectivity index (χ3v) is 1.31. The lowest BCUT2D eigenvalue weighted by molar-refractivity contribution is 0.726. The summed E-state index contributed by atoms with van der Waals surface area (Å²) in [4.78, 5) is 0.806. The molecule has 0 fully saturated rings. The van der Waals surface area contributed by atoms with E-state index in [0.717, 1.165) is 17.0 Å². The molecule has 0 spiro atoms. The van der Waals surface area contributed by atoms with Crippen molar-refractivity contribution in [3.8, 4) is 0 Å². The Morgan fingerprint density at radius 1 is 1.88 bits per heavy atom. The highest BCUT2D eigenvalue weighted by Crippen LogP contribution is 2.10. The number of rotatable bonds is 2. The van der Waals surface area contributed by atoms with Crippen LogP contribution in [0.5, 0.6) is 0 Å². The van der Waals surface area contributed by atoms with Crippen molar-refractivity contribution in [2.75, 3.05) is 0 Å². The van der Waals surface area contributed by atoms with E-state index in [0.29, 0.717) is 0 Å². The van der Waals surface area contributed by atoms with Gasteiger partial charge in [-0.2, -0.15) is 0 Å². The van der Waals surface area contributed by atoms with Crippen molar-refractivity contribution in [2.45, 2.75) is 20.3 Å². The second kappa shape index (κ2) is 3.88. The molecular weight excluding hydrogens is 121 g/mol. The second-order valence-corrected chi connectivity index (χ2v) is 1.93. The van der Waals surface area contributed by atoms with Crippen LogP contribution in [0.1, 0.15) is 20.3 Å². The van der Waals surface area contributed by atoms with Crippen LogP contribution in [0.2, 0.25) is 0 Å². The van der Waals surface area contributed by atoms with E-state index in [1.807, 2.05) is 13.8 Å². The minimum absolute atomic E-state index is 0.795. The van der Waals surface area contributed by atoms with Gasteiger partial charge >= 0.3 is 0 Å². The molecule has 0 heterocycles. The average molecular weight is 132 g/mol. The van der Waals surface area contributed by atoms with Crippen LogP contribution in [0, 0.1) is 5.21 Å². The zero-order chi connectivity index (χ0) is 6.57. The van der Waals surface area contributed by atoms with Gasteiger partial charge in [0.25, 0.3) is 0 Å². The van der Waals surface area contributed by atoms with Crippen molar-refractivity contribution >= 4 is 9.39 Å². The molecule has 0 amide bonds. The van der Waals surface area contributed by atoms with Crippen LogP contribution in [0.3, 0.4) is 0 Å². The van der Waals surface area contributed by atoms with Crippen molar-refractivity contribution in [1.29, 1.82) is 0 Å². The summed E-state index contributed by atoms with van der Waals surface area (Å²) in [7, 11) is 2.07. The van der Waals surface area contributed by atoms with Crippen molar-refractivity contribution in [1.82, 2.24) is 4.83 Å². The molecule has 2 nitrogen and oxygen atoms in total. The summed E-state index contributed by atoms with van der Waals surface area (Å²) < 4.78 is 0. The molecule has 8 heavy (non-hydrogen) atoms. The zero-order valence-corrected chi connectivity index (χ0v) is 6.37. The summed E-state index contributed by atoms with van der Waals surface area (Å²) in [6, 6.07) is 0. The van der Waals surface area contributed by atoms with Crippen LogP contribution < -0.4 is 0 Å². The van der Waals surface area contributed by atoms with Gasteiger partial charge in [-0.3, -0.25) is 0 Å². The summed E-state index contributed by atoms with van der Waals surface area (Å²) >= 11 is 0. The number of nitrogens with zero attached hydrogens (tertiary/aromatic N) is 1. The van der Waals surface area contributed by atoms with Gasteiger partial charge < -0.3 is 10.0 Å². The van der Waals surface area contributed by atoms with Crippen LogP contribution in [-0.4, -0.2) is 4.83 Å². The largest absolute Gasteiger partial charge is 0.756 e. The molecule has 1 atom stereocenters. The van der Waals surface area contributed by atoms with Crippen LogP contribution in [0.15, 0.2) is 11.8 Å². The summed E-state index contributed by atoms with van der Waals surface area (Å²) in [5.41, 5.74) is 0.801. The highest BCUT2D eigenvalue weighted by molar-refractivity contribution is 7.13. The van der Waals surface area contributed by atoms with Gasteiger partial charge in [0.05, 0.1) is 0 Å². The van der Waals surface area contributed by atoms with Crippen LogP contribution >= 0.6 is 9.39 Å². The lowest BCUT2D eigenvalue weighted by Gasteiger charge is -2.26. The Bertz CT molecular complexity index is 90.4. The Hall–Kier alpha value is -0.0700. The fourth-order valence-corrected chi connectivity index (χ4v) is 0.819. The predicted octanol–water partition coefficient (Wildman–Crippen LogP) is 1.89. The van der Waals surface area contributed by atoms with Gasteiger partial charge in [-0.05, 0) is 13.3 Å². The third-order valence-electron chi connectivity index (χ3n) is 0.979. The molecule has 0 aliphatic rings. The molecule has 0 saturated carbocycles. The third kappa shape index (κ3) is 2.29. The van der Waals surface area contributed by atoms with E-state index in [1.54, 1.807) is 6.08 Å². The molecule has 0 bridgehead atoms. The second-order valence-electron chi connectivity index (χ2n) is 1.46. The van der Waals surface area contributed by atoms with E-state index >= 15 is 0 Å². The zero-order valence-electron chi connectivity index (χ0n) is 5.22. The van der Waals surface area contributed by atoms with Crippen LogP contribution in [0.4, 0.5) is 0 Å². The minimum Gasteiger partial charge on any atom is -0.756 e. The molecule has 0 aromatic heterocycles. The van der Waals surface area contributed by atoms with Crippen molar-refractivity contribution in [3.63, 3.8) is 0 Å². The average Bonchev–Trinajstić information content (AvgIpc) is 1.69. The monoisotopic (exact) mass is 132 g/mol. The van der Waals surface area contributed by atoms with Gasteiger partial charge in [-0.15, -0.1) is 0 Å². The van der Waals surface area contributed by atoms with Crippen LogP contribution in [0.25, 0.3) is 0 Å². The van der Waals surface area contributed by atoms with E-state index < -0.39 is 0 Å². The van der Waals surface area contributed by atoms with Crippen molar-refractivity contribution < 1.29 is 0 Å². The molecule has 0 aromatic carbocycles. The van der Waals surface area contributed by atoms with E-state index in [9.17, 15) is 5.21 Å². The molecular formula is C5H11NOP-. The highest BCUT2D eigenvalue weighted by Gasteiger charge is 1.85. The molecule has 3 heteroatoms. The maximum Gasteiger partial charge on any atom is 0.000847 e. The van der Waals surface area contributed by atoms with Gasteiger partial charge in [-0.1, -0.05) is 22.4 Å². The first-order valence-corrected chi connectivity index (χ1v) is 3.11. The number of hydroxylamine groups is 1. The predicted molar refractivity (Wildman–Crippen MR) is 39.0 cm³/mol. The highest BCUT2D eigenvalue weighted by atomic mass is 31.0. The standard InChI is InChI=1S/C5H11NOP/c1-3-5(4-2)6(7)8/h3H,4,8H2,1-2H3/q-1/b5-3-. The fraction of sp³-hybridized carbons (Fsp3) is 0.600. The Balaban J connectivity index is 3.72. The summed E-state index contributed by atoms with van der Waals surface area (Å²) in [6.07, 6.45) is 2.60. The molecule has 0 N–H and O–H groups in total. The Morgan fingerprint density at radius 2 is 2.38 bits per heavy atom. The Kier molecular flexibility index (Phi) is 3.84. The lowest BCUT2D eigenvalue weighted by atomic mass is 10.3. The lowest BCUT2D eigenvalue weighted by Crippen LogP contribution is -1.98. The fourth-order valence-electron chi connectivity index (χ4n) is 0.487. The molecule has 0 aliphatic heterocycles. The van der Waals surface area contributed by atoms with E-state index in [1.165, 1.54) is 0 Å². The maximum absolute atomic E-state index is 10.4. The molecule has 0 radical (unpaired) electrons. The van der Waals surface area contributed by atoms with Gasteiger partial charge in [0.15, 0.2) is 0 Å². The van der Waals surface area contributed by atoms with Crippen LogP contribution in [-0.2, 0) is 0 Å². The van der Waals surface area contributed by atoms with Gasteiger partial charge in [-0.25, -0.2) is 0 Å². The first kappa shape index (κ1) is 7.93. The summed E-state index contributed by atoms with van der Waals surface area (Å²) in [5.74, 6) is 0.